The molecule has 1 rings (SSSR count). The lowest BCUT2D eigenvalue weighted by Gasteiger charge is -2.28. The Labute approximate surface area is 116 Å². The first-order valence-electron chi connectivity index (χ1n) is 6.03. The van der Waals surface area contributed by atoms with E-state index in [-0.39, 0.29) is 12.0 Å². The van der Waals surface area contributed by atoms with Crippen LogP contribution in [0.15, 0.2) is 24.3 Å². The second kappa shape index (κ2) is 5.82. The van der Waals surface area contributed by atoms with Crippen LogP contribution in [0.3, 0.4) is 0 Å². The summed E-state index contributed by atoms with van der Waals surface area (Å²) in [5.74, 6) is -11.6. The van der Waals surface area contributed by atoms with Crippen molar-refractivity contribution >= 4 is 0 Å². The van der Waals surface area contributed by atoms with Gasteiger partial charge in [-0.15, -0.1) is 0 Å². The second-order valence-electron chi connectivity index (χ2n) is 4.55. The van der Waals surface area contributed by atoms with Crippen LogP contribution in [-0.2, 0) is 11.0 Å². The summed E-state index contributed by atoms with van der Waals surface area (Å²) in [4.78, 5) is 0. The van der Waals surface area contributed by atoms with Crippen LogP contribution in [0.5, 0.6) is 0 Å². The van der Waals surface area contributed by atoms with Crippen LogP contribution in [-0.4, -0.2) is 12.1 Å². The van der Waals surface area contributed by atoms with E-state index in [1.54, 1.807) is 6.92 Å². The molecule has 0 aromatic heterocycles. The largest absolute Gasteiger partial charge is 0.460 e. The molecule has 1 aromatic carbocycles. The predicted molar refractivity (Wildman–Crippen MR) is 59.7 cm³/mol. The molecule has 0 N–H and O–H groups in total. The highest BCUT2D eigenvalue weighted by Crippen LogP contribution is 2.51. The molecule has 1 atom stereocenters. The Kier molecular flexibility index (Phi) is 4.92. The molecule has 119 valence electrons. The van der Waals surface area contributed by atoms with Crippen LogP contribution in [0.25, 0.3) is 0 Å². The van der Waals surface area contributed by atoms with E-state index in [1.807, 2.05) is 0 Å². The first-order valence-corrected chi connectivity index (χ1v) is 6.03. The van der Waals surface area contributed by atoms with Crippen LogP contribution >= 0.6 is 0 Å². The Balaban J connectivity index is 3.11. The molecule has 0 saturated heterocycles. The smallest absolute Gasteiger partial charge is 0.228 e. The maximum absolute atomic E-state index is 13.4. The summed E-state index contributed by atoms with van der Waals surface area (Å²) in [6, 6.07) is 2.55. The van der Waals surface area contributed by atoms with Crippen LogP contribution in [0, 0.1) is 0 Å². The van der Waals surface area contributed by atoms with Crippen molar-refractivity contribution in [3.05, 3.63) is 35.4 Å². The molecule has 0 amide bonds. The molecule has 0 aliphatic rings. The van der Waals surface area contributed by atoms with Gasteiger partial charge in [0.15, 0.2) is 0 Å². The zero-order chi connectivity index (χ0) is 16.5. The van der Waals surface area contributed by atoms with Crippen molar-refractivity contribution < 1.29 is 35.8 Å². The molecular formula is C13H12F7O. The van der Waals surface area contributed by atoms with E-state index in [0.29, 0.717) is 18.6 Å². The average Bonchev–Trinajstić information content (AvgIpc) is 2.37. The Bertz CT molecular complexity index is 464. The fraction of sp³-hybridized carbons (Fsp3) is 0.538. The van der Waals surface area contributed by atoms with Crippen LogP contribution < -0.4 is 0 Å². The van der Waals surface area contributed by atoms with Crippen molar-refractivity contribution in [2.45, 2.75) is 43.9 Å². The summed E-state index contributed by atoms with van der Waals surface area (Å²) < 4.78 is 88.5. The molecule has 0 aliphatic carbocycles. The summed E-state index contributed by atoms with van der Waals surface area (Å²) in [5.41, 5.74) is -1.43. The summed E-state index contributed by atoms with van der Waals surface area (Å²) in [6.07, 6.45) is -6.88. The second-order valence-corrected chi connectivity index (χ2v) is 4.55. The minimum Gasteiger partial charge on any atom is -0.228 e. The predicted octanol–water partition coefficient (Wildman–Crippen LogP) is 5.25. The van der Waals surface area contributed by atoms with E-state index in [1.165, 1.54) is 0 Å². The van der Waals surface area contributed by atoms with Gasteiger partial charge in [-0.25, -0.2) is 5.11 Å². The van der Waals surface area contributed by atoms with Crippen LogP contribution in [0.2, 0.25) is 0 Å². The van der Waals surface area contributed by atoms with Crippen molar-refractivity contribution in [1.82, 2.24) is 0 Å². The quantitative estimate of drug-likeness (QED) is 0.661. The lowest BCUT2D eigenvalue weighted by atomic mass is 9.98. The van der Waals surface area contributed by atoms with E-state index in [0.717, 1.165) is 12.1 Å². The zero-order valence-corrected chi connectivity index (χ0v) is 10.9. The topological polar surface area (TPSA) is 19.9 Å². The average molecular weight is 317 g/mol. The third kappa shape index (κ3) is 3.30. The fourth-order valence-corrected chi connectivity index (χ4v) is 1.70. The molecule has 0 spiro atoms. The Morgan fingerprint density at radius 2 is 1.43 bits per heavy atom. The molecule has 0 saturated carbocycles. The van der Waals surface area contributed by atoms with Crippen LogP contribution in [0.1, 0.15) is 37.0 Å². The van der Waals surface area contributed by atoms with Gasteiger partial charge in [0, 0.05) is 5.56 Å². The molecule has 0 heterocycles. The van der Waals surface area contributed by atoms with Gasteiger partial charge in [0.2, 0.25) is 0 Å². The molecule has 21 heavy (non-hydrogen) atoms. The summed E-state index contributed by atoms with van der Waals surface area (Å²) in [5, 5.41) is 11.5. The molecule has 1 unspecified atom stereocenters. The van der Waals surface area contributed by atoms with E-state index < -0.39 is 29.7 Å². The lowest BCUT2D eigenvalue weighted by Crippen LogP contribution is -2.50. The number of halogens is 7. The monoisotopic (exact) mass is 317 g/mol. The van der Waals surface area contributed by atoms with Gasteiger partial charge >= 0.3 is 18.0 Å². The summed E-state index contributed by atoms with van der Waals surface area (Å²) >= 11 is 0. The minimum atomic E-state index is -6.38. The standard InChI is InChI=1S/C13H12F7O/c1-2-3-10(21)8-4-6-9(7-5-8)11(14,15)12(16,17)13(18,19)20/h4-7,10H,2-3H2,1H3. The fourth-order valence-electron chi connectivity index (χ4n) is 1.70. The van der Waals surface area contributed by atoms with E-state index in [4.69, 9.17) is 0 Å². The van der Waals surface area contributed by atoms with Crippen molar-refractivity contribution in [1.29, 1.82) is 0 Å². The molecule has 0 fully saturated rings. The van der Waals surface area contributed by atoms with Gasteiger partial charge in [0.05, 0.1) is 0 Å². The first-order chi connectivity index (χ1) is 9.45. The number of benzene rings is 1. The third-order valence-corrected chi connectivity index (χ3v) is 2.95. The van der Waals surface area contributed by atoms with E-state index >= 15 is 0 Å². The highest BCUT2D eigenvalue weighted by atomic mass is 19.4. The Morgan fingerprint density at radius 3 is 1.81 bits per heavy atom. The van der Waals surface area contributed by atoms with E-state index in [9.17, 15) is 35.8 Å². The maximum atomic E-state index is 13.4. The highest BCUT2D eigenvalue weighted by molar-refractivity contribution is 5.29. The van der Waals surface area contributed by atoms with E-state index in [2.05, 4.69) is 0 Å². The molecular weight excluding hydrogens is 305 g/mol. The Hall–Kier alpha value is -1.31. The zero-order valence-electron chi connectivity index (χ0n) is 10.9. The van der Waals surface area contributed by atoms with Gasteiger partial charge in [0.25, 0.3) is 0 Å². The minimum absolute atomic E-state index is 0.0618. The van der Waals surface area contributed by atoms with Crippen molar-refractivity contribution in [3.8, 4) is 0 Å². The van der Waals surface area contributed by atoms with Gasteiger partial charge in [-0.1, -0.05) is 37.6 Å². The van der Waals surface area contributed by atoms with Crippen LogP contribution in [0.4, 0.5) is 30.7 Å². The van der Waals surface area contributed by atoms with Gasteiger partial charge in [-0.3, -0.25) is 0 Å². The normalized spacial score (nSPS) is 15.1. The van der Waals surface area contributed by atoms with Crippen molar-refractivity contribution in [2.24, 2.45) is 0 Å². The highest BCUT2D eigenvalue weighted by Gasteiger charge is 2.73. The molecule has 1 aromatic rings. The molecule has 0 bridgehead atoms. The number of rotatable bonds is 5. The molecule has 8 heteroatoms. The SMILES string of the molecule is CCCC([O])c1ccc(C(F)(F)C(F)(F)C(F)(F)F)cc1. The molecule has 1 nitrogen and oxygen atoms in total. The van der Waals surface area contributed by atoms with Gasteiger partial charge in [0.1, 0.15) is 6.10 Å². The van der Waals surface area contributed by atoms with Crippen molar-refractivity contribution in [2.75, 3.05) is 0 Å². The number of hydrogen-bond acceptors (Lipinski definition) is 0. The lowest BCUT2D eigenvalue weighted by molar-refractivity contribution is -0.359. The van der Waals surface area contributed by atoms with Gasteiger partial charge < -0.3 is 0 Å². The molecule has 1 radical (unpaired) electrons. The number of alkyl halides is 7. The number of hydrogen-bond donors (Lipinski definition) is 0. The van der Waals surface area contributed by atoms with Crippen molar-refractivity contribution in [3.63, 3.8) is 0 Å². The third-order valence-electron chi connectivity index (χ3n) is 2.95. The summed E-state index contributed by atoms with van der Waals surface area (Å²) in [6.45, 7) is 1.72. The first kappa shape index (κ1) is 17.7. The van der Waals surface area contributed by atoms with Gasteiger partial charge in [-0.2, -0.15) is 30.7 Å². The summed E-state index contributed by atoms with van der Waals surface area (Å²) in [7, 11) is 0. The molecule has 0 aliphatic heterocycles. The van der Waals surface area contributed by atoms with Gasteiger partial charge in [-0.05, 0) is 12.0 Å². The maximum Gasteiger partial charge on any atom is 0.460 e. The Morgan fingerprint density at radius 1 is 0.952 bits per heavy atom.